The Labute approximate surface area is 219 Å². The number of benzene rings is 3. The summed E-state index contributed by atoms with van der Waals surface area (Å²) in [4.78, 5) is 18.1. The Bertz CT molecular complexity index is 1580. The number of fused-ring (bicyclic) bond motifs is 1. The molecule has 0 radical (unpaired) electrons. The van der Waals surface area contributed by atoms with Gasteiger partial charge >= 0.3 is 0 Å². The Morgan fingerprint density at radius 3 is 2.39 bits per heavy atom. The largest absolute Gasteiger partial charge is 0.497 e. The predicted octanol–water partition coefficient (Wildman–Crippen LogP) is 4.48. The number of methoxy groups -OCH3 is 1. The lowest BCUT2D eigenvalue weighted by Crippen LogP contribution is -2.28. The summed E-state index contributed by atoms with van der Waals surface area (Å²) in [5.74, 6) is 1.15. The van der Waals surface area contributed by atoms with Crippen LogP contribution in [0, 0.1) is 5.82 Å². The molecule has 0 bridgehead atoms. The maximum Gasteiger partial charge on any atom is 0.252 e. The second kappa shape index (κ2) is 11.4. The van der Waals surface area contributed by atoms with Gasteiger partial charge in [0.15, 0.2) is 5.82 Å². The lowest BCUT2D eigenvalue weighted by molar-refractivity contribution is 0.236. The molecule has 0 saturated heterocycles. The molecule has 0 aliphatic heterocycles. The van der Waals surface area contributed by atoms with E-state index in [0.29, 0.717) is 37.6 Å². The number of aryl methyl sites for hydroxylation is 1. The summed E-state index contributed by atoms with van der Waals surface area (Å²) in [5, 5.41) is 13.4. The first-order chi connectivity index (χ1) is 18.5. The van der Waals surface area contributed by atoms with Crippen molar-refractivity contribution in [1.29, 1.82) is 0 Å². The molecule has 0 aliphatic carbocycles. The van der Waals surface area contributed by atoms with Crippen molar-refractivity contribution in [3.63, 3.8) is 0 Å². The van der Waals surface area contributed by atoms with Gasteiger partial charge in [-0.2, -0.15) is 0 Å². The summed E-state index contributed by atoms with van der Waals surface area (Å²) < 4.78 is 20.5. The minimum absolute atomic E-state index is 0.135. The van der Waals surface area contributed by atoms with Gasteiger partial charge in [-0.15, -0.1) is 5.10 Å². The normalized spacial score (nSPS) is 11.4. The van der Waals surface area contributed by atoms with E-state index in [0.717, 1.165) is 34.2 Å². The zero-order chi connectivity index (χ0) is 26.5. The van der Waals surface area contributed by atoms with Gasteiger partial charge in [0.05, 0.1) is 20.2 Å². The number of tetrazole rings is 1. The third-order valence-electron chi connectivity index (χ3n) is 6.57. The quantitative estimate of drug-likeness (QED) is 0.297. The van der Waals surface area contributed by atoms with Crippen molar-refractivity contribution in [3.05, 3.63) is 117 Å². The monoisotopic (exact) mass is 512 g/mol. The van der Waals surface area contributed by atoms with E-state index in [1.807, 2.05) is 42.5 Å². The van der Waals surface area contributed by atoms with Crippen molar-refractivity contribution in [3.8, 4) is 5.75 Å². The highest BCUT2D eigenvalue weighted by atomic mass is 19.1. The van der Waals surface area contributed by atoms with Gasteiger partial charge in [-0.3, -0.25) is 9.69 Å². The van der Waals surface area contributed by atoms with Gasteiger partial charge in [0.1, 0.15) is 11.6 Å². The van der Waals surface area contributed by atoms with Crippen LogP contribution < -0.4 is 10.3 Å². The van der Waals surface area contributed by atoms with Crippen LogP contribution in [0.4, 0.5) is 4.39 Å². The van der Waals surface area contributed by atoms with Gasteiger partial charge in [-0.1, -0.05) is 37.3 Å². The standard InChI is InChI=1S/C29H29FN6O2/c1-3-20-8-13-27-23(14-20)15-24(29(37)31-27)18-35(16-21-4-9-25(30)10-5-21)19-28-32-33-34-36(28)17-22-6-11-26(38-2)12-7-22/h4-15H,3,16-19H2,1-2H3,(H,31,37). The number of nitrogens with one attached hydrogen (secondary N) is 1. The van der Waals surface area contributed by atoms with Crippen molar-refractivity contribution in [1.82, 2.24) is 30.1 Å². The van der Waals surface area contributed by atoms with Crippen LogP contribution in [-0.2, 0) is 32.6 Å². The molecule has 0 saturated carbocycles. The fourth-order valence-electron chi connectivity index (χ4n) is 4.46. The number of halogens is 1. The van der Waals surface area contributed by atoms with Crippen LogP contribution >= 0.6 is 0 Å². The highest BCUT2D eigenvalue weighted by Gasteiger charge is 2.16. The zero-order valence-electron chi connectivity index (χ0n) is 21.4. The summed E-state index contributed by atoms with van der Waals surface area (Å²) in [6.07, 6.45) is 0.915. The molecule has 2 heterocycles. The second-order valence-electron chi connectivity index (χ2n) is 9.27. The molecule has 0 fully saturated rings. The first-order valence-corrected chi connectivity index (χ1v) is 12.5. The molecule has 0 unspecified atom stereocenters. The van der Waals surface area contributed by atoms with E-state index < -0.39 is 0 Å². The molecule has 0 atom stereocenters. The van der Waals surface area contributed by atoms with E-state index in [4.69, 9.17) is 4.74 Å². The molecule has 194 valence electrons. The van der Waals surface area contributed by atoms with Crippen molar-refractivity contribution < 1.29 is 9.13 Å². The van der Waals surface area contributed by atoms with E-state index in [2.05, 4.69) is 38.4 Å². The molecule has 9 heteroatoms. The number of rotatable bonds is 10. The number of pyridine rings is 1. The topological polar surface area (TPSA) is 88.9 Å². The number of aromatic nitrogens is 5. The van der Waals surface area contributed by atoms with Crippen LogP contribution in [0.2, 0.25) is 0 Å². The number of hydrogen-bond donors (Lipinski definition) is 1. The fourth-order valence-corrected chi connectivity index (χ4v) is 4.46. The summed E-state index contributed by atoms with van der Waals surface area (Å²) in [6, 6.07) is 22.2. The Hall–Kier alpha value is -4.37. The van der Waals surface area contributed by atoms with Crippen LogP contribution in [0.3, 0.4) is 0 Å². The number of aromatic amines is 1. The highest BCUT2D eigenvalue weighted by molar-refractivity contribution is 5.79. The molecule has 2 aromatic heterocycles. The van der Waals surface area contributed by atoms with Crippen molar-refractivity contribution >= 4 is 10.9 Å². The Morgan fingerprint density at radius 2 is 1.66 bits per heavy atom. The summed E-state index contributed by atoms with van der Waals surface area (Å²) in [6.45, 7) is 3.85. The van der Waals surface area contributed by atoms with Gasteiger partial charge < -0.3 is 9.72 Å². The van der Waals surface area contributed by atoms with E-state index in [1.165, 1.54) is 17.7 Å². The molecular weight excluding hydrogens is 483 g/mol. The lowest BCUT2D eigenvalue weighted by Gasteiger charge is -2.22. The van der Waals surface area contributed by atoms with Crippen molar-refractivity contribution in [2.75, 3.05) is 7.11 Å². The van der Waals surface area contributed by atoms with Gasteiger partial charge in [-0.25, -0.2) is 9.07 Å². The predicted molar refractivity (Wildman–Crippen MR) is 143 cm³/mol. The maximum atomic E-state index is 13.6. The highest BCUT2D eigenvalue weighted by Crippen LogP contribution is 2.18. The molecule has 0 amide bonds. The summed E-state index contributed by atoms with van der Waals surface area (Å²) in [5.41, 5.74) is 4.47. The Balaban J connectivity index is 1.43. The smallest absolute Gasteiger partial charge is 0.252 e. The molecule has 5 aromatic rings. The third-order valence-corrected chi connectivity index (χ3v) is 6.57. The molecule has 0 aliphatic rings. The SMILES string of the molecule is CCc1ccc2[nH]c(=O)c(CN(Cc3ccc(F)cc3)Cc3nnnn3Cc3ccc(OC)cc3)cc2c1. The number of hydrogen-bond acceptors (Lipinski definition) is 6. The van der Waals surface area contributed by atoms with Crippen LogP contribution in [0.15, 0.2) is 77.6 Å². The number of ether oxygens (including phenoxy) is 1. The molecule has 1 N–H and O–H groups in total. The lowest BCUT2D eigenvalue weighted by atomic mass is 10.1. The number of nitrogens with zero attached hydrogens (tertiary/aromatic N) is 5. The Kier molecular flexibility index (Phi) is 7.55. The first kappa shape index (κ1) is 25.3. The van der Waals surface area contributed by atoms with E-state index in [-0.39, 0.29) is 11.4 Å². The molecule has 8 nitrogen and oxygen atoms in total. The second-order valence-corrected chi connectivity index (χ2v) is 9.27. The zero-order valence-corrected chi connectivity index (χ0v) is 21.4. The van der Waals surface area contributed by atoms with Gasteiger partial charge in [0, 0.05) is 24.2 Å². The van der Waals surface area contributed by atoms with Crippen LogP contribution in [0.5, 0.6) is 5.75 Å². The van der Waals surface area contributed by atoms with Gasteiger partial charge in [0.2, 0.25) is 0 Å². The third kappa shape index (κ3) is 5.95. The van der Waals surface area contributed by atoms with E-state index >= 15 is 0 Å². The van der Waals surface area contributed by atoms with E-state index in [9.17, 15) is 9.18 Å². The Morgan fingerprint density at radius 1 is 0.921 bits per heavy atom. The van der Waals surface area contributed by atoms with Crippen molar-refractivity contribution in [2.45, 2.75) is 39.5 Å². The van der Waals surface area contributed by atoms with Crippen molar-refractivity contribution in [2.24, 2.45) is 0 Å². The van der Waals surface area contributed by atoms with Crippen LogP contribution in [0.1, 0.15) is 35.0 Å². The summed E-state index contributed by atoms with van der Waals surface area (Å²) in [7, 11) is 1.63. The molecule has 38 heavy (non-hydrogen) atoms. The first-order valence-electron chi connectivity index (χ1n) is 12.5. The van der Waals surface area contributed by atoms with Gasteiger partial charge in [0.25, 0.3) is 5.56 Å². The summed E-state index contributed by atoms with van der Waals surface area (Å²) >= 11 is 0. The fraction of sp³-hybridized carbons (Fsp3) is 0.241. The van der Waals surface area contributed by atoms with Crippen LogP contribution in [0.25, 0.3) is 10.9 Å². The minimum atomic E-state index is -0.290. The molecule has 0 spiro atoms. The average Bonchev–Trinajstić information content (AvgIpc) is 3.36. The molecular formula is C29H29FN6O2. The van der Waals surface area contributed by atoms with E-state index in [1.54, 1.807) is 23.9 Å². The maximum absolute atomic E-state index is 13.6. The van der Waals surface area contributed by atoms with Gasteiger partial charge in [-0.05, 0) is 81.4 Å². The average molecular weight is 513 g/mol. The minimum Gasteiger partial charge on any atom is -0.497 e. The van der Waals surface area contributed by atoms with Crippen LogP contribution in [-0.4, -0.2) is 37.2 Å². The molecule has 5 rings (SSSR count). The molecule has 3 aromatic carbocycles. The number of H-pyrrole nitrogens is 1.